The van der Waals surface area contributed by atoms with Crippen LogP contribution in [0, 0.1) is 0 Å². The summed E-state index contributed by atoms with van der Waals surface area (Å²) in [7, 11) is 0. The number of halogens is 3. The van der Waals surface area contributed by atoms with Gasteiger partial charge in [0, 0.05) is 5.02 Å². The molecule has 23 heavy (non-hydrogen) atoms. The molecule has 0 bridgehead atoms. The molecular weight excluding hydrogens is 330 g/mol. The Kier molecular flexibility index (Phi) is 5.87. The van der Waals surface area contributed by atoms with Gasteiger partial charge >= 0.3 is 12.7 Å². The lowest BCUT2D eigenvalue weighted by Crippen LogP contribution is -2.21. The van der Waals surface area contributed by atoms with Gasteiger partial charge in [-0.25, -0.2) is 10.2 Å². The Morgan fingerprint density at radius 2 is 1.91 bits per heavy atom. The summed E-state index contributed by atoms with van der Waals surface area (Å²) < 4.78 is 33.4. The van der Waals surface area contributed by atoms with Crippen molar-refractivity contribution in [1.29, 1.82) is 0 Å². The average Bonchev–Trinajstić information content (AvgIpc) is 2.49. The van der Waals surface area contributed by atoms with Crippen molar-refractivity contribution in [3.8, 4) is 11.5 Å². The van der Waals surface area contributed by atoms with E-state index in [2.05, 4.69) is 15.3 Å². The predicted molar refractivity (Wildman–Crippen MR) is 81.3 cm³/mol. The van der Waals surface area contributed by atoms with Gasteiger partial charge in [0.15, 0.2) is 0 Å². The number of carbonyl (C=O) groups excluding carboxylic acids is 1. The molecule has 2 rings (SSSR count). The Bertz CT molecular complexity index is 693. The molecule has 0 aliphatic carbocycles. The number of alkyl halides is 2. The Hall–Kier alpha value is -2.67. The largest absolute Gasteiger partial charge is 0.435 e. The van der Waals surface area contributed by atoms with Crippen molar-refractivity contribution in [3.05, 3.63) is 59.1 Å². The first kappa shape index (κ1) is 16.7. The van der Waals surface area contributed by atoms with Crippen LogP contribution in [0.4, 0.5) is 13.6 Å². The highest BCUT2D eigenvalue weighted by Gasteiger charge is 2.04. The van der Waals surface area contributed by atoms with Crippen LogP contribution in [-0.4, -0.2) is 18.9 Å². The van der Waals surface area contributed by atoms with Gasteiger partial charge in [-0.2, -0.15) is 13.9 Å². The summed E-state index contributed by atoms with van der Waals surface area (Å²) in [4.78, 5) is 11.5. The first-order valence-corrected chi connectivity index (χ1v) is 6.72. The second kappa shape index (κ2) is 8.09. The fraction of sp³-hybridized carbons (Fsp3) is 0.0667. The standard InChI is InChI=1S/C15H11ClF2N2O3/c16-11-4-6-12(7-5-11)23-15(21)20-19-9-10-2-1-3-13(8-10)22-14(17)18/h1-9,14H,(H,20,21). The highest BCUT2D eigenvalue weighted by Crippen LogP contribution is 2.16. The summed E-state index contributed by atoms with van der Waals surface area (Å²) in [5.74, 6) is 0.294. The molecule has 0 aliphatic heterocycles. The summed E-state index contributed by atoms with van der Waals surface area (Å²) in [5.41, 5.74) is 2.61. The van der Waals surface area contributed by atoms with E-state index >= 15 is 0 Å². The predicted octanol–water partition coefficient (Wildman–Crippen LogP) is 4.06. The molecule has 0 heterocycles. The molecule has 1 amide bonds. The molecule has 0 aliphatic rings. The molecule has 0 saturated heterocycles. The molecule has 0 spiro atoms. The number of hydrazone groups is 1. The van der Waals surface area contributed by atoms with E-state index < -0.39 is 12.7 Å². The van der Waals surface area contributed by atoms with Crippen LogP contribution in [0.5, 0.6) is 11.5 Å². The van der Waals surface area contributed by atoms with Crippen LogP contribution in [0.25, 0.3) is 0 Å². The van der Waals surface area contributed by atoms with Crippen molar-refractivity contribution < 1.29 is 23.0 Å². The molecule has 1 N–H and O–H groups in total. The van der Waals surface area contributed by atoms with Gasteiger partial charge in [-0.3, -0.25) is 0 Å². The molecular formula is C15H11ClF2N2O3. The zero-order chi connectivity index (χ0) is 16.7. The monoisotopic (exact) mass is 340 g/mol. The van der Waals surface area contributed by atoms with E-state index in [4.69, 9.17) is 16.3 Å². The van der Waals surface area contributed by atoms with Gasteiger partial charge in [0.05, 0.1) is 6.21 Å². The summed E-state index contributed by atoms with van der Waals surface area (Å²) in [5, 5.41) is 4.17. The molecule has 0 radical (unpaired) electrons. The van der Waals surface area contributed by atoms with Crippen molar-refractivity contribution >= 4 is 23.9 Å². The van der Waals surface area contributed by atoms with Crippen LogP contribution in [-0.2, 0) is 0 Å². The van der Waals surface area contributed by atoms with E-state index in [1.54, 1.807) is 18.2 Å². The maximum absolute atomic E-state index is 12.1. The van der Waals surface area contributed by atoms with Crippen LogP contribution >= 0.6 is 11.6 Å². The van der Waals surface area contributed by atoms with Gasteiger partial charge in [0.25, 0.3) is 0 Å². The summed E-state index contributed by atoms with van der Waals surface area (Å²) in [6.07, 6.45) is 0.463. The molecule has 5 nitrogen and oxygen atoms in total. The normalized spacial score (nSPS) is 10.8. The number of carbonyl (C=O) groups is 1. The van der Waals surface area contributed by atoms with Crippen LogP contribution in [0.2, 0.25) is 5.02 Å². The summed E-state index contributed by atoms with van der Waals surface area (Å²) in [6, 6.07) is 12.0. The molecule has 0 fully saturated rings. The van der Waals surface area contributed by atoms with E-state index in [-0.39, 0.29) is 5.75 Å². The number of nitrogens with zero attached hydrogens (tertiary/aromatic N) is 1. The smallest absolute Gasteiger partial charge is 0.433 e. The van der Waals surface area contributed by atoms with Gasteiger partial charge in [-0.05, 0) is 42.0 Å². The minimum atomic E-state index is -2.91. The Morgan fingerprint density at radius 3 is 2.61 bits per heavy atom. The third-order valence-electron chi connectivity index (χ3n) is 2.48. The summed E-state index contributed by atoms with van der Waals surface area (Å²) >= 11 is 5.71. The first-order valence-electron chi connectivity index (χ1n) is 6.34. The van der Waals surface area contributed by atoms with Gasteiger partial charge in [0.2, 0.25) is 0 Å². The van der Waals surface area contributed by atoms with Crippen LogP contribution < -0.4 is 14.9 Å². The Balaban J connectivity index is 1.88. The second-order valence-electron chi connectivity index (χ2n) is 4.16. The zero-order valence-electron chi connectivity index (χ0n) is 11.6. The third kappa shape index (κ3) is 5.91. The number of hydrogen-bond donors (Lipinski definition) is 1. The first-order chi connectivity index (χ1) is 11.0. The maximum Gasteiger partial charge on any atom is 0.433 e. The van der Waals surface area contributed by atoms with Gasteiger partial charge in [-0.1, -0.05) is 23.7 Å². The highest BCUT2D eigenvalue weighted by molar-refractivity contribution is 6.30. The lowest BCUT2D eigenvalue weighted by atomic mass is 10.2. The van der Waals surface area contributed by atoms with Crippen molar-refractivity contribution in [2.45, 2.75) is 6.61 Å². The number of nitrogens with one attached hydrogen (secondary N) is 1. The van der Waals surface area contributed by atoms with Gasteiger partial charge < -0.3 is 9.47 Å². The maximum atomic E-state index is 12.1. The highest BCUT2D eigenvalue weighted by atomic mass is 35.5. The van der Waals surface area contributed by atoms with Crippen molar-refractivity contribution in [2.75, 3.05) is 0 Å². The molecule has 8 heteroatoms. The zero-order valence-corrected chi connectivity index (χ0v) is 12.3. The second-order valence-corrected chi connectivity index (χ2v) is 4.60. The number of ether oxygens (including phenoxy) is 2. The topological polar surface area (TPSA) is 59.9 Å². The molecule has 2 aromatic carbocycles. The van der Waals surface area contributed by atoms with Crippen LogP contribution in [0.3, 0.4) is 0 Å². The Morgan fingerprint density at radius 1 is 1.17 bits per heavy atom. The SMILES string of the molecule is O=C(NN=Cc1cccc(OC(F)F)c1)Oc1ccc(Cl)cc1. The average molecular weight is 341 g/mol. The van der Waals surface area contributed by atoms with E-state index in [0.717, 1.165) is 0 Å². The molecule has 0 atom stereocenters. The van der Waals surface area contributed by atoms with Gasteiger partial charge in [-0.15, -0.1) is 0 Å². The molecule has 0 saturated carbocycles. The number of amides is 1. The number of hydrogen-bond acceptors (Lipinski definition) is 4. The number of rotatable bonds is 5. The van der Waals surface area contributed by atoms with E-state index in [0.29, 0.717) is 16.3 Å². The van der Waals surface area contributed by atoms with Crippen molar-refractivity contribution in [3.63, 3.8) is 0 Å². The number of benzene rings is 2. The van der Waals surface area contributed by atoms with E-state index in [1.807, 2.05) is 0 Å². The summed E-state index contributed by atoms with van der Waals surface area (Å²) in [6.45, 7) is -2.91. The minimum absolute atomic E-state index is 0.00677. The lowest BCUT2D eigenvalue weighted by Gasteiger charge is -2.04. The van der Waals surface area contributed by atoms with Gasteiger partial charge in [0.1, 0.15) is 11.5 Å². The lowest BCUT2D eigenvalue weighted by molar-refractivity contribution is -0.0498. The fourth-order valence-corrected chi connectivity index (χ4v) is 1.69. The molecule has 0 unspecified atom stereocenters. The van der Waals surface area contributed by atoms with Crippen molar-refractivity contribution in [2.24, 2.45) is 5.10 Å². The molecule has 0 aromatic heterocycles. The van der Waals surface area contributed by atoms with Crippen LogP contribution in [0.1, 0.15) is 5.56 Å². The quantitative estimate of drug-likeness (QED) is 0.659. The third-order valence-corrected chi connectivity index (χ3v) is 2.73. The van der Waals surface area contributed by atoms with E-state index in [9.17, 15) is 13.6 Å². The Labute approximate surface area is 135 Å². The van der Waals surface area contributed by atoms with Crippen molar-refractivity contribution in [1.82, 2.24) is 5.43 Å². The molecule has 120 valence electrons. The van der Waals surface area contributed by atoms with Crippen LogP contribution in [0.15, 0.2) is 53.6 Å². The molecule has 2 aromatic rings. The van der Waals surface area contributed by atoms with E-state index in [1.165, 1.54) is 36.5 Å². The fourth-order valence-electron chi connectivity index (χ4n) is 1.56. The minimum Gasteiger partial charge on any atom is -0.435 e.